The molecule has 37 heavy (non-hydrogen) atoms. The smallest absolute Gasteiger partial charge is 0.140 e. The average molecular weight is 510 g/mol. The van der Waals surface area contributed by atoms with Crippen LogP contribution in [0.1, 0.15) is 53.0 Å². The van der Waals surface area contributed by atoms with Crippen LogP contribution in [0.4, 0.5) is 0 Å². The van der Waals surface area contributed by atoms with Crippen molar-refractivity contribution >= 4 is 29.2 Å². The lowest BCUT2D eigenvalue weighted by Gasteiger charge is -2.17. The van der Waals surface area contributed by atoms with Crippen molar-refractivity contribution < 1.29 is 4.79 Å². The molecule has 188 valence electrons. The van der Waals surface area contributed by atoms with Crippen LogP contribution in [0.5, 0.6) is 0 Å². The van der Waals surface area contributed by atoms with Crippen molar-refractivity contribution in [3.8, 4) is 0 Å². The first kappa shape index (κ1) is 26.3. The molecular weight excluding hydrogens is 478 g/mol. The molecule has 0 amide bonds. The van der Waals surface area contributed by atoms with Crippen LogP contribution in [0, 0.1) is 6.92 Å². The number of carbonyl (C=O) groups is 1. The molecule has 5 aromatic rings. The summed E-state index contributed by atoms with van der Waals surface area (Å²) in [5.74, 6) is 0.283. The zero-order chi connectivity index (χ0) is 24.7. The van der Waals surface area contributed by atoms with Gasteiger partial charge in [0.15, 0.2) is 0 Å². The Balaban J connectivity index is 0.00000320. The van der Waals surface area contributed by atoms with Crippen molar-refractivity contribution in [3.63, 3.8) is 0 Å². The van der Waals surface area contributed by atoms with Crippen LogP contribution >= 0.6 is 12.4 Å². The Hall–Kier alpha value is -3.76. The summed E-state index contributed by atoms with van der Waals surface area (Å²) in [6.45, 7) is 2.85. The maximum Gasteiger partial charge on any atom is 0.140 e. The molecule has 5 rings (SSSR count). The molecule has 1 atom stereocenters. The van der Waals surface area contributed by atoms with E-state index in [4.69, 9.17) is 4.98 Å². The number of benzene rings is 2. The molecule has 3 aromatic heterocycles. The lowest BCUT2D eigenvalue weighted by Crippen LogP contribution is -2.09. The minimum absolute atomic E-state index is 0. The summed E-state index contributed by atoms with van der Waals surface area (Å²) in [5, 5.41) is 1.12. The van der Waals surface area contributed by atoms with Gasteiger partial charge in [0, 0.05) is 55.5 Å². The van der Waals surface area contributed by atoms with E-state index in [-0.39, 0.29) is 18.3 Å². The molecule has 2 aromatic carbocycles. The lowest BCUT2D eigenvalue weighted by atomic mass is 9.85. The molecule has 0 spiro atoms. The monoisotopic (exact) mass is 509 g/mol. The predicted octanol–water partition coefficient (Wildman–Crippen LogP) is 7.32. The predicted molar refractivity (Wildman–Crippen MR) is 152 cm³/mol. The second-order valence-corrected chi connectivity index (χ2v) is 9.49. The van der Waals surface area contributed by atoms with Crippen LogP contribution in [-0.2, 0) is 17.8 Å². The molecule has 0 saturated carbocycles. The number of hydrogen-bond donors (Lipinski definition) is 0. The van der Waals surface area contributed by atoms with E-state index in [9.17, 15) is 4.79 Å². The van der Waals surface area contributed by atoms with Gasteiger partial charge >= 0.3 is 0 Å². The number of ketones is 1. The van der Waals surface area contributed by atoms with E-state index in [0.717, 1.165) is 30.4 Å². The van der Waals surface area contributed by atoms with Gasteiger partial charge in [-0.2, -0.15) is 0 Å². The number of pyridine rings is 2. The minimum Gasteiger partial charge on any atom is -0.328 e. The summed E-state index contributed by atoms with van der Waals surface area (Å²) in [4.78, 5) is 22.1. The summed E-state index contributed by atoms with van der Waals surface area (Å²) < 4.78 is 2.22. The van der Waals surface area contributed by atoms with E-state index >= 15 is 0 Å². The van der Waals surface area contributed by atoms with Gasteiger partial charge in [-0.05, 0) is 66.3 Å². The van der Waals surface area contributed by atoms with Crippen LogP contribution in [0.3, 0.4) is 0 Å². The molecule has 0 aliphatic rings. The van der Waals surface area contributed by atoms with Crippen molar-refractivity contribution in [2.45, 2.75) is 45.1 Å². The Bertz CT molecular complexity index is 1450. The molecule has 0 fully saturated rings. The Kier molecular flexibility index (Phi) is 8.86. The Morgan fingerprint density at radius 1 is 0.892 bits per heavy atom. The Morgan fingerprint density at radius 3 is 2.49 bits per heavy atom. The number of rotatable bonds is 10. The number of fused-ring (bicyclic) bond motifs is 1. The third-order valence-corrected chi connectivity index (χ3v) is 6.78. The maximum atomic E-state index is 13.3. The van der Waals surface area contributed by atoms with Gasteiger partial charge in [0.1, 0.15) is 11.4 Å². The minimum atomic E-state index is -0.0120. The average Bonchev–Trinajstić information content (AvgIpc) is 3.26. The highest BCUT2D eigenvalue weighted by Gasteiger charge is 2.23. The number of halogens is 1. The van der Waals surface area contributed by atoms with Crippen molar-refractivity contribution in [1.29, 1.82) is 0 Å². The Labute approximate surface area is 224 Å². The normalized spacial score (nSPS) is 11.7. The molecule has 0 saturated heterocycles. The molecule has 0 N–H and O–H groups in total. The first-order valence-electron chi connectivity index (χ1n) is 12.6. The quantitative estimate of drug-likeness (QED) is 0.198. The standard InChI is InChI=1S/C32H31N3O.ClH/c1-24-8-5-12-27(20-24)30(21-28(36)13-6-11-25-15-18-33-19-16-25)31-23-35(22-26-9-3-2-4-10-26)32-29(31)14-7-17-34-32;/h2-5,7-10,12,14-20,23,30H,6,11,13,21-22H2,1H3;1H. The highest BCUT2D eigenvalue weighted by molar-refractivity contribution is 5.85. The number of aromatic nitrogens is 3. The van der Waals surface area contributed by atoms with Crippen molar-refractivity contribution in [3.05, 3.63) is 131 Å². The van der Waals surface area contributed by atoms with Crippen LogP contribution in [0.15, 0.2) is 104 Å². The van der Waals surface area contributed by atoms with E-state index < -0.39 is 0 Å². The molecular formula is C32H32ClN3O. The van der Waals surface area contributed by atoms with E-state index in [1.807, 2.05) is 42.9 Å². The fourth-order valence-electron chi connectivity index (χ4n) is 4.99. The van der Waals surface area contributed by atoms with Gasteiger partial charge in [-0.25, -0.2) is 4.98 Å². The number of Topliss-reactive ketones (excluding diaryl/α,β-unsaturated/α-hetero) is 1. The third-order valence-electron chi connectivity index (χ3n) is 6.78. The second-order valence-electron chi connectivity index (χ2n) is 9.49. The molecule has 5 heteroatoms. The van der Waals surface area contributed by atoms with Gasteiger partial charge in [-0.15, -0.1) is 12.4 Å². The molecule has 0 bridgehead atoms. The third kappa shape index (κ3) is 6.52. The first-order chi connectivity index (χ1) is 17.7. The maximum absolute atomic E-state index is 13.3. The number of nitrogens with zero attached hydrogens (tertiary/aromatic N) is 3. The molecule has 0 radical (unpaired) electrons. The van der Waals surface area contributed by atoms with Gasteiger partial charge in [-0.1, -0.05) is 60.2 Å². The van der Waals surface area contributed by atoms with Crippen LogP contribution < -0.4 is 0 Å². The van der Waals surface area contributed by atoms with Gasteiger partial charge in [0.25, 0.3) is 0 Å². The van der Waals surface area contributed by atoms with Crippen LogP contribution in [0.2, 0.25) is 0 Å². The fourth-order valence-corrected chi connectivity index (χ4v) is 4.99. The lowest BCUT2D eigenvalue weighted by molar-refractivity contribution is -0.119. The number of carbonyl (C=O) groups excluding carboxylic acids is 1. The van der Waals surface area contributed by atoms with Gasteiger partial charge in [0.05, 0.1) is 0 Å². The van der Waals surface area contributed by atoms with E-state index in [2.05, 4.69) is 77.3 Å². The van der Waals surface area contributed by atoms with Gasteiger partial charge in [-0.3, -0.25) is 9.78 Å². The second kappa shape index (κ2) is 12.5. The SMILES string of the molecule is Cc1cccc(C(CC(=O)CCCc2ccncc2)c2cn(Cc3ccccc3)c3ncccc23)c1.Cl. The summed E-state index contributed by atoms with van der Waals surface area (Å²) in [6, 6.07) is 27.2. The van der Waals surface area contributed by atoms with Crippen LogP contribution in [0.25, 0.3) is 11.0 Å². The molecule has 1 unspecified atom stereocenters. The van der Waals surface area contributed by atoms with E-state index in [1.165, 1.54) is 27.8 Å². The largest absolute Gasteiger partial charge is 0.328 e. The molecule has 0 aliphatic heterocycles. The van der Waals surface area contributed by atoms with E-state index in [1.54, 1.807) is 0 Å². The highest BCUT2D eigenvalue weighted by Crippen LogP contribution is 2.35. The summed E-state index contributed by atoms with van der Waals surface area (Å²) in [5.41, 5.74) is 6.96. The zero-order valence-electron chi connectivity index (χ0n) is 21.1. The number of aryl methyl sites for hydroxylation is 2. The first-order valence-corrected chi connectivity index (χ1v) is 12.6. The number of hydrogen-bond acceptors (Lipinski definition) is 3. The van der Waals surface area contributed by atoms with Gasteiger partial charge in [0.2, 0.25) is 0 Å². The molecule has 0 aliphatic carbocycles. The molecule has 3 heterocycles. The summed E-state index contributed by atoms with van der Waals surface area (Å²) >= 11 is 0. The highest BCUT2D eigenvalue weighted by atomic mass is 35.5. The van der Waals surface area contributed by atoms with E-state index in [0.29, 0.717) is 18.6 Å². The van der Waals surface area contributed by atoms with Gasteiger partial charge < -0.3 is 4.57 Å². The summed E-state index contributed by atoms with van der Waals surface area (Å²) in [6.07, 6.45) is 10.5. The topological polar surface area (TPSA) is 47.8 Å². The zero-order valence-corrected chi connectivity index (χ0v) is 21.9. The van der Waals surface area contributed by atoms with Crippen molar-refractivity contribution in [2.24, 2.45) is 0 Å². The van der Waals surface area contributed by atoms with Crippen molar-refractivity contribution in [2.75, 3.05) is 0 Å². The Morgan fingerprint density at radius 2 is 1.70 bits per heavy atom. The van der Waals surface area contributed by atoms with Crippen molar-refractivity contribution in [1.82, 2.24) is 14.5 Å². The van der Waals surface area contributed by atoms with Crippen LogP contribution in [-0.4, -0.2) is 20.3 Å². The summed E-state index contributed by atoms with van der Waals surface area (Å²) in [7, 11) is 0. The fraction of sp³-hybridized carbons (Fsp3) is 0.219. The molecule has 4 nitrogen and oxygen atoms in total.